The minimum absolute atomic E-state index is 0.0241. The van der Waals surface area contributed by atoms with Gasteiger partial charge in [-0.15, -0.1) is 0 Å². The lowest BCUT2D eigenvalue weighted by molar-refractivity contribution is -0.156. The van der Waals surface area contributed by atoms with Gasteiger partial charge in [-0.25, -0.2) is 9.38 Å². The summed E-state index contributed by atoms with van der Waals surface area (Å²) in [4.78, 5) is 8.42. The first-order valence-corrected chi connectivity index (χ1v) is 10.5. The van der Waals surface area contributed by atoms with E-state index < -0.39 is 18.0 Å². The quantitative estimate of drug-likeness (QED) is 0.568. The number of amidine groups is 1. The molecule has 1 N–H and O–H groups in total. The van der Waals surface area contributed by atoms with E-state index in [1.807, 2.05) is 18.9 Å². The minimum atomic E-state index is -4.39. The number of halogens is 4. The molecule has 9 heteroatoms. The second-order valence-electron chi connectivity index (χ2n) is 7.75. The number of benzene rings is 1. The second kappa shape index (κ2) is 7.40. The highest BCUT2D eigenvalue weighted by molar-refractivity contribution is 7.98. The van der Waals surface area contributed by atoms with Crippen LogP contribution in [0.1, 0.15) is 32.6 Å². The molecule has 4 rings (SSSR count). The number of hydrogen-bond donors (Lipinski definition) is 1. The van der Waals surface area contributed by atoms with Crippen LogP contribution in [0.2, 0.25) is 0 Å². The molecule has 2 heterocycles. The van der Waals surface area contributed by atoms with Crippen molar-refractivity contribution in [2.75, 3.05) is 25.0 Å². The van der Waals surface area contributed by atoms with Crippen LogP contribution in [0.15, 0.2) is 22.0 Å². The maximum absolute atomic E-state index is 14.3. The Hall–Kier alpha value is -1.48. The number of rotatable bonds is 4. The molecule has 1 aliphatic carbocycles. The molecule has 0 amide bonds. The highest BCUT2D eigenvalue weighted by atomic mass is 32.2. The van der Waals surface area contributed by atoms with Crippen LogP contribution in [0.5, 0.6) is 0 Å². The molecule has 0 radical (unpaired) electrons. The first-order valence-electron chi connectivity index (χ1n) is 9.66. The molecule has 2 fully saturated rings. The van der Waals surface area contributed by atoms with E-state index in [-0.39, 0.29) is 24.7 Å². The fourth-order valence-corrected chi connectivity index (χ4v) is 4.80. The number of nitrogens with one attached hydrogen (secondary N) is 1. The lowest BCUT2D eigenvalue weighted by atomic mass is 9.94. The van der Waals surface area contributed by atoms with Gasteiger partial charge >= 0.3 is 6.18 Å². The van der Waals surface area contributed by atoms with E-state index >= 15 is 0 Å². The van der Waals surface area contributed by atoms with Gasteiger partial charge in [0.2, 0.25) is 0 Å². The molecule has 4 nitrogen and oxygen atoms in total. The summed E-state index contributed by atoms with van der Waals surface area (Å²) in [6.07, 6.45) is -1.76. The summed E-state index contributed by atoms with van der Waals surface area (Å²) in [6.45, 7) is 2.86. The Morgan fingerprint density at radius 3 is 2.68 bits per heavy atom. The lowest BCUT2D eigenvalue weighted by Gasteiger charge is -2.44. The number of hydrogen-bond acceptors (Lipinski definition) is 5. The van der Waals surface area contributed by atoms with Crippen LogP contribution in [0.25, 0.3) is 0 Å². The summed E-state index contributed by atoms with van der Waals surface area (Å²) in [5.41, 5.74) is 0.714. The van der Waals surface area contributed by atoms with Crippen molar-refractivity contribution < 1.29 is 17.6 Å². The lowest BCUT2D eigenvalue weighted by Crippen LogP contribution is -2.55. The highest BCUT2D eigenvalue weighted by Crippen LogP contribution is 2.46. The van der Waals surface area contributed by atoms with Gasteiger partial charge in [-0.05, 0) is 63.4 Å². The number of fused-ring (bicyclic) bond motifs is 1. The van der Waals surface area contributed by atoms with E-state index in [0.717, 1.165) is 18.7 Å². The van der Waals surface area contributed by atoms with Crippen molar-refractivity contribution in [2.24, 2.45) is 10.9 Å². The van der Waals surface area contributed by atoms with E-state index in [4.69, 9.17) is 0 Å². The third kappa shape index (κ3) is 3.83. The van der Waals surface area contributed by atoms with Crippen LogP contribution < -0.4 is 9.62 Å². The van der Waals surface area contributed by atoms with Gasteiger partial charge in [0.15, 0.2) is 0 Å². The Labute approximate surface area is 166 Å². The number of piperidine rings is 1. The Bertz CT molecular complexity index is 778. The van der Waals surface area contributed by atoms with Gasteiger partial charge in [0.1, 0.15) is 23.4 Å². The van der Waals surface area contributed by atoms with Crippen LogP contribution in [-0.4, -0.2) is 49.1 Å². The third-order valence-electron chi connectivity index (χ3n) is 5.87. The summed E-state index contributed by atoms with van der Waals surface area (Å²) in [6, 6.07) is 0.759. The SMILES string of the molecule is CCN(C)C1CCN(c2cc(F)cc3c2N=C(C2CC2)NS3)C(C(F)(F)F)C1. The molecular weight excluding hydrogens is 392 g/mol. The van der Waals surface area contributed by atoms with Crippen molar-refractivity contribution in [2.45, 2.75) is 55.8 Å². The summed E-state index contributed by atoms with van der Waals surface area (Å²) < 4.78 is 59.2. The molecule has 1 saturated heterocycles. The maximum atomic E-state index is 14.3. The first kappa shape index (κ1) is 19.8. The van der Waals surface area contributed by atoms with Gasteiger partial charge in [0.25, 0.3) is 0 Å². The van der Waals surface area contributed by atoms with Crippen molar-refractivity contribution in [3.8, 4) is 0 Å². The third-order valence-corrected chi connectivity index (χ3v) is 6.71. The Morgan fingerprint density at radius 2 is 2.04 bits per heavy atom. The minimum Gasteiger partial charge on any atom is -0.358 e. The van der Waals surface area contributed by atoms with E-state index in [2.05, 4.69) is 9.71 Å². The second-order valence-corrected chi connectivity index (χ2v) is 8.60. The Balaban J connectivity index is 1.72. The van der Waals surface area contributed by atoms with Crippen LogP contribution >= 0.6 is 11.9 Å². The summed E-state index contributed by atoms with van der Waals surface area (Å²) >= 11 is 1.24. The largest absolute Gasteiger partial charge is 0.408 e. The molecule has 2 aliphatic heterocycles. The summed E-state index contributed by atoms with van der Waals surface area (Å²) in [5, 5.41) is 0. The molecule has 1 aromatic rings. The number of anilines is 1. The van der Waals surface area contributed by atoms with E-state index in [1.165, 1.54) is 29.0 Å². The van der Waals surface area contributed by atoms with Crippen molar-refractivity contribution >= 4 is 29.2 Å². The van der Waals surface area contributed by atoms with Gasteiger partial charge in [-0.2, -0.15) is 13.2 Å². The average molecular weight is 416 g/mol. The standard InChI is InChI=1S/C19H24F4N4S/c1-3-26(2)13-6-7-27(16(10-13)19(21,22)23)14-8-12(20)9-15-17(14)24-18(25-28-15)11-4-5-11/h8-9,11,13,16H,3-7,10H2,1-2H3,(H,24,25). The van der Waals surface area contributed by atoms with Gasteiger partial charge in [-0.3, -0.25) is 0 Å². The van der Waals surface area contributed by atoms with Crippen LogP contribution in [-0.2, 0) is 0 Å². The predicted octanol–water partition coefficient (Wildman–Crippen LogP) is 4.73. The maximum Gasteiger partial charge on any atom is 0.408 e. The predicted molar refractivity (Wildman–Crippen MR) is 104 cm³/mol. The number of alkyl halides is 3. The fourth-order valence-electron chi connectivity index (χ4n) is 3.96. The number of nitrogens with zero attached hydrogens (tertiary/aromatic N) is 3. The monoisotopic (exact) mass is 416 g/mol. The Morgan fingerprint density at radius 1 is 1.29 bits per heavy atom. The summed E-state index contributed by atoms with van der Waals surface area (Å²) in [5.74, 6) is 0.581. The molecule has 154 valence electrons. The van der Waals surface area contributed by atoms with E-state index in [1.54, 1.807) is 0 Å². The normalized spacial score (nSPS) is 25.4. The molecule has 1 aromatic carbocycles. The van der Waals surface area contributed by atoms with Crippen LogP contribution in [0, 0.1) is 11.7 Å². The zero-order valence-corrected chi connectivity index (χ0v) is 16.7. The van der Waals surface area contributed by atoms with Crippen molar-refractivity contribution in [3.63, 3.8) is 0 Å². The van der Waals surface area contributed by atoms with Crippen molar-refractivity contribution in [1.82, 2.24) is 9.62 Å². The van der Waals surface area contributed by atoms with E-state index in [9.17, 15) is 17.6 Å². The van der Waals surface area contributed by atoms with Crippen molar-refractivity contribution in [1.29, 1.82) is 0 Å². The smallest absolute Gasteiger partial charge is 0.358 e. The highest BCUT2D eigenvalue weighted by Gasteiger charge is 2.48. The Kier molecular flexibility index (Phi) is 5.24. The van der Waals surface area contributed by atoms with Crippen LogP contribution in [0.4, 0.5) is 28.9 Å². The molecule has 0 spiro atoms. The van der Waals surface area contributed by atoms with Gasteiger partial charge in [0.05, 0.1) is 10.6 Å². The molecule has 28 heavy (non-hydrogen) atoms. The zero-order valence-electron chi connectivity index (χ0n) is 15.9. The zero-order chi connectivity index (χ0) is 20.1. The average Bonchev–Trinajstić information content (AvgIpc) is 3.50. The summed E-state index contributed by atoms with van der Waals surface area (Å²) in [7, 11) is 1.85. The van der Waals surface area contributed by atoms with Gasteiger partial charge in [-0.1, -0.05) is 6.92 Å². The molecule has 2 unspecified atom stereocenters. The topological polar surface area (TPSA) is 30.9 Å². The van der Waals surface area contributed by atoms with Crippen LogP contribution in [0.3, 0.4) is 0 Å². The van der Waals surface area contributed by atoms with Crippen molar-refractivity contribution in [3.05, 3.63) is 17.9 Å². The fraction of sp³-hybridized carbons (Fsp3) is 0.632. The van der Waals surface area contributed by atoms with Gasteiger partial charge < -0.3 is 14.5 Å². The first-order chi connectivity index (χ1) is 13.3. The molecule has 1 saturated carbocycles. The molecule has 0 aromatic heterocycles. The van der Waals surface area contributed by atoms with E-state index in [0.29, 0.717) is 29.5 Å². The number of aliphatic imine (C=N–C) groups is 1. The molecule has 0 bridgehead atoms. The molecule has 2 atom stereocenters. The molecular formula is C19H24F4N4S. The molecule has 3 aliphatic rings. The van der Waals surface area contributed by atoms with Gasteiger partial charge in [0, 0.05) is 18.5 Å².